The number of rotatable bonds is 0. The molecule has 3 nitrogen and oxygen atoms in total. The number of ether oxygens (including phenoxy) is 1. The molecule has 0 aromatic rings. The lowest BCUT2D eigenvalue weighted by Gasteiger charge is -2.22. The van der Waals surface area contributed by atoms with Crippen molar-refractivity contribution in [2.24, 2.45) is 5.92 Å². The fourth-order valence-corrected chi connectivity index (χ4v) is 2.67. The first-order valence-electron chi connectivity index (χ1n) is 6.40. The zero-order chi connectivity index (χ0) is 13.3. The Balaban J connectivity index is 2.32. The van der Waals surface area contributed by atoms with E-state index < -0.39 is 6.10 Å². The van der Waals surface area contributed by atoms with Gasteiger partial charge in [-0.1, -0.05) is 29.9 Å². The van der Waals surface area contributed by atoms with Crippen molar-refractivity contribution in [2.45, 2.75) is 45.3 Å². The van der Waals surface area contributed by atoms with E-state index in [4.69, 9.17) is 4.74 Å². The van der Waals surface area contributed by atoms with Crippen molar-refractivity contribution >= 4 is 5.97 Å². The Labute approximate surface area is 108 Å². The van der Waals surface area contributed by atoms with E-state index in [-0.39, 0.29) is 18.0 Å². The van der Waals surface area contributed by atoms with Gasteiger partial charge in [-0.2, -0.15) is 0 Å². The van der Waals surface area contributed by atoms with E-state index in [1.54, 1.807) is 0 Å². The average Bonchev–Trinajstić information content (AvgIpc) is 2.53. The topological polar surface area (TPSA) is 46.5 Å². The van der Waals surface area contributed by atoms with Gasteiger partial charge in [-0.15, -0.1) is 0 Å². The second kappa shape index (κ2) is 5.11. The van der Waals surface area contributed by atoms with Crippen LogP contribution in [-0.2, 0) is 9.53 Å². The first kappa shape index (κ1) is 13.1. The molecule has 18 heavy (non-hydrogen) atoms. The van der Waals surface area contributed by atoms with Crippen LogP contribution in [0.1, 0.15) is 33.1 Å². The molecule has 0 spiro atoms. The molecule has 3 heteroatoms. The predicted octanol–water partition coefficient (Wildman–Crippen LogP) is 2.52. The first-order chi connectivity index (χ1) is 8.49. The number of hydrogen-bond acceptors (Lipinski definition) is 3. The molecular weight excluding hydrogens is 228 g/mol. The molecule has 2 aliphatic rings. The van der Waals surface area contributed by atoms with E-state index >= 15 is 0 Å². The summed E-state index contributed by atoms with van der Waals surface area (Å²) in [6.45, 7) is 7.81. The molecule has 2 unspecified atom stereocenters. The summed E-state index contributed by atoms with van der Waals surface area (Å²) in [5.74, 6) is -0.684. The number of fused-ring (bicyclic) bond motifs is 1. The Bertz CT molecular complexity index is 431. The fourth-order valence-electron chi connectivity index (χ4n) is 2.67. The van der Waals surface area contributed by atoms with E-state index in [2.05, 4.69) is 12.7 Å². The zero-order valence-electron chi connectivity index (χ0n) is 11.0. The average molecular weight is 248 g/mol. The van der Waals surface area contributed by atoms with Crippen molar-refractivity contribution in [3.05, 3.63) is 35.5 Å². The minimum absolute atomic E-state index is 0.279. The van der Waals surface area contributed by atoms with Crippen LogP contribution in [0.25, 0.3) is 0 Å². The number of aliphatic hydroxyl groups excluding tert-OH is 1. The lowest BCUT2D eigenvalue weighted by molar-refractivity contribution is -0.139. The van der Waals surface area contributed by atoms with Crippen molar-refractivity contribution in [3.8, 4) is 0 Å². The van der Waals surface area contributed by atoms with E-state index in [0.29, 0.717) is 12.0 Å². The molecule has 2 rings (SSSR count). The molecule has 0 bridgehead atoms. The van der Waals surface area contributed by atoms with Crippen LogP contribution in [-0.4, -0.2) is 23.3 Å². The van der Waals surface area contributed by atoms with Gasteiger partial charge in [-0.3, -0.25) is 0 Å². The van der Waals surface area contributed by atoms with Gasteiger partial charge in [0, 0.05) is 12.0 Å². The molecular formula is C15H20O3. The Morgan fingerprint density at radius 2 is 2.11 bits per heavy atom. The zero-order valence-corrected chi connectivity index (χ0v) is 11.0. The molecule has 0 aromatic carbocycles. The Morgan fingerprint density at radius 3 is 2.83 bits per heavy atom. The summed E-state index contributed by atoms with van der Waals surface area (Å²) < 4.78 is 5.32. The third kappa shape index (κ3) is 2.56. The normalized spacial score (nSPS) is 39.2. The monoisotopic (exact) mass is 248 g/mol. The van der Waals surface area contributed by atoms with Crippen molar-refractivity contribution in [1.82, 2.24) is 0 Å². The van der Waals surface area contributed by atoms with E-state index in [1.165, 1.54) is 5.57 Å². The van der Waals surface area contributed by atoms with E-state index in [0.717, 1.165) is 18.4 Å². The molecule has 0 amide bonds. The maximum Gasteiger partial charge on any atom is 0.334 e. The second-order valence-electron chi connectivity index (χ2n) is 5.29. The molecule has 0 saturated carbocycles. The van der Waals surface area contributed by atoms with Gasteiger partial charge in [0.2, 0.25) is 0 Å². The number of carbonyl (C=O) groups excluding carboxylic acids is 1. The molecule has 1 heterocycles. The molecule has 1 aliphatic heterocycles. The van der Waals surface area contributed by atoms with Crippen LogP contribution in [0.3, 0.4) is 0 Å². The third-order valence-corrected chi connectivity index (χ3v) is 3.70. The summed E-state index contributed by atoms with van der Waals surface area (Å²) in [4.78, 5) is 11.6. The van der Waals surface area contributed by atoms with Gasteiger partial charge in [0.25, 0.3) is 0 Å². The van der Waals surface area contributed by atoms with Crippen LogP contribution in [0.15, 0.2) is 35.5 Å². The Hall–Kier alpha value is -1.35. The van der Waals surface area contributed by atoms with Gasteiger partial charge in [0.05, 0.1) is 12.0 Å². The van der Waals surface area contributed by atoms with Crippen LogP contribution in [0.5, 0.6) is 0 Å². The van der Waals surface area contributed by atoms with Crippen molar-refractivity contribution in [1.29, 1.82) is 0 Å². The SMILES string of the molecule is C=C1C(=O)OC2C/C(C)=C/CC/C(C)=C/[C@H](O)C12. The van der Waals surface area contributed by atoms with Gasteiger partial charge < -0.3 is 9.84 Å². The van der Waals surface area contributed by atoms with Gasteiger partial charge >= 0.3 is 5.97 Å². The number of hydrogen-bond donors (Lipinski definition) is 1. The van der Waals surface area contributed by atoms with Gasteiger partial charge in [-0.25, -0.2) is 4.79 Å². The van der Waals surface area contributed by atoms with Crippen molar-refractivity contribution in [2.75, 3.05) is 0 Å². The summed E-state index contributed by atoms with van der Waals surface area (Å²) >= 11 is 0. The maximum atomic E-state index is 11.6. The van der Waals surface area contributed by atoms with Crippen LogP contribution >= 0.6 is 0 Å². The fraction of sp³-hybridized carbons (Fsp3) is 0.533. The first-order valence-corrected chi connectivity index (χ1v) is 6.40. The lowest BCUT2D eigenvalue weighted by Crippen LogP contribution is -2.28. The molecule has 1 N–H and O–H groups in total. The number of carbonyl (C=O) groups is 1. The van der Waals surface area contributed by atoms with Crippen molar-refractivity contribution < 1.29 is 14.6 Å². The third-order valence-electron chi connectivity index (χ3n) is 3.70. The summed E-state index contributed by atoms with van der Waals surface area (Å²) in [6.07, 6.45) is 5.64. The van der Waals surface area contributed by atoms with Crippen LogP contribution in [0.4, 0.5) is 0 Å². The molecule has 1 fully saturated rings. The Morgan fingerprint density at radius 1 is 1.39 bits per heavy atom. The highest BCUT2D eigenvalue weighted by atomic mass is 16.6. The molecule has 1 aliphatic carbocycles. The quantitative estimate of drug-likeness (QED) is 0.407. The Kier molecular flexibility index (Phi) is 3.71. The number of aliphatic hydroxyl groups is 1. The van der Waals surface area contributed by atoms with Crippen molar-refractivity contribution in [3.63, 3.8) is 0 Å². The summed E-state index contributed by atoms with van der Waals surface area (Å²) in [6, 6.07) is 0. The van der Waals surface area contributed by atoms with Gasteiger partial charge in [-0.05, 0) is 26.7 Å². The largest absolute Gasteiger partial charge is 0.458 e. The highest BCUT2D eigenvalue weighted by Crippen LogP contribution is 2.34. The van der Waals surface area contributed by atoms with Crippen LogP contribution in [0, 0.1) is 5.92 Å². The lowest BCUT2D eigenvalue weighted by atomic mass is 9.86. The number of allylic oxidation sites excluding steroid dienone is 2. The second-order valence-corrected chi connectivity index (χ2v) is 5.29. The van der Waals surface area contributed by atoms with E-state index in [1.807, 2.05) is 19.9 Å². The minimum atomic E-state index is -0.681. The smallest absolute Gasteiger partial charge is 0.334 e. The number of esters is 1. The molecule has 98 valence electrons. The molecule has 0 aromatic heterocycles. The minimum Gasteiger partial charge on any atom is -0.458 e. The highest BCUT2D eigenvalue weighted by molar-refractivity contribution is 5.91. The summed E-state index contributed by atoms with van der Waals surface area (Å²) in [5.41, 5.74) is 2.73. The highest BCUT2D eigenvalue weighted by Gasteiger charge is 2.42. The van der Waals surface area contributed by atoms with E-state index in [9.17, 15) is 9.90 Å². The molecule has 3 atom stereocenters. The maximum absolute atomic E-state index is 11.6. The predicted molar refractivity (Wildman–Crippen MR) is 69.9 cm³/mol. The van der Waals surface area contributed by atoms with Crippen LogP contribution in [0.2, 0.25) is 0 Å². The molecule has 0 radical (unpaired) electrons. The van der Waals surface area contributed by atoms with Crippen LogP contribution < -0.4 is 0 Å². The van der Waals surface area contributed by atoms with Gasteiger partial charge in [0.15, 0.2) is 0 Å². The standard InChI is InChI=1S/C15H20O3/c1-9-5-4-6-10(2)8-13-14(12(16)7-9)11(3)15(17)18-13/h6-7,12-14,16H,3-5,8H2,1-2H3/b9-7+,10-6+/t12-,13?,14?/m0/s1. The summed E-state index contributed by atoms with van der Waals surface area (Å²) in [7, 11) is 0. The molecule has 1 saturated heterocycles. The van der Waals surface area contributed by atoms with Gasteiger partial charge in [0.1, 0.15) is 6.10 Å². The summed E-state index contributed by atoms with van der Waals surface area (Å²) in [5, 5.41) is 10.3.